The molecule has 0 unspecified atom stereocenters. The molecule has 1 aromatic carbocycles. The van der Waals surface area contributed by atoms with Gasteiger partial charge in [0.1, 0.15) is 18.5 Å². The van der Waals surface area contributed by atoms with Gasteiger partial charge in [0.05, 0.1) is 6.20 Å². The van der Waals surface area contributed by atoms with Crippen LogP contribution in [0.2, 0.25) is 0 Å². The van der Waals surface area contributed by atoms with E-state index in [1.807, 2.05) is 53.3 Å². The zero-order valence-electron chi connectivity index (χ0n) is 15.6. The summed E-state index contributed by atoms with van der Waals surface area (Å²) in [5.74, 6) is 3.61. The van der Waals surface area contributed by atoms with E-state index in [0.29, 0.717) is 6.61 Å². The van der Waals surface area contributed by atoms with Crippen LogP contribution in [0.15, 0.2) is 60.9 Å². The second-order valence-corrected chi connectivity index (χ2v) is 7.07. The number of nitrogens with zero attached hydrogens (tertiary/aromatic N) is 5. The molecule has 2 aliphatic heterocycles. The average Bonchev–Trinajstić information content (AvgIpc) is 3.25. The van der Waals surface area contributed by atoms with Crippen LogP contribution in [0.3, 0.4) is 0 Å². The van der Waals surface area contributed by atoms with Gasteiger partial charge in [0, 0.05) is 45.0 Å². The fourth-order valence-electron chi connectivity index (χ4n) is 3.79. The lowest BCUT2D eigenvalue weighted by Crippen LogP contribution is -2.51. The number of hydrogen-bond donors (Lipinski definition) is 0. The second-order valence-electron chi connectivity index (χ2n) is 7.07. The summed E-state index contributed by atoms with van der Waals surface area (Å²) in [5, 5.41) is 4.46. The number of piperazine rings is 1. The molecule has 0 saturated carbocycles. The first-order valence-electron chi connectivity index (χ1n) is 9.68. The maximum absolute atomic E-state index is 6.11. The first kappa shape index (κ1) is 17.1. The van der Waals surface area contributed by atoms with Crippen molar-refractivity contribution in [2.24, 2.45) is 0 Å². The third-order valence-corrected chi connectivity index (χ3v) is 5.21. The highest BCUT2D eigenvalue weighted by molar-refractivity contribution is 5.45. The quantitative estimate of drug-likeness (QED) is 0.695. The number of aromatic nitrogens is 3. The Morgan fingerprint density at radius 2 is 1.71 bits per heavy atom. The number of ether oxygens (including phenoxy) is 2. The standard InChI is InChI=1S/C21H23N5O2/c1-2-6-19-18(5-1)27-16-17(28-19)15-24-11-13-25(14-12-24)21-8-10-23-26(21)20-7-3-4-9-22-20/h1-10,17H,11-16H2/t17-/m0/s1. The number of fused-ring (bicyclic) bond motifs is 1. The SMILES string of the molecule is c1ccc(-n2nccc2N2CCN(C[C@H]3COc4ccccc4O3)CC2)nc1. The molecule has 0 bridgehead atoms. The van der Waals surface area contributed by atoms with Crippen LogP contribution in [-0.2, 0) is 0 Å². The van der Waals surface area contributed by atoms with Crippen LogP contribution < -0.4 is 14.4 Å². The predicted molar refractivity (Wildman–Crippen MR) is 106 cm³/mol. The van der Waals surface area contributed by atoms with Crippen LogP contribution in [0.25, 0.3) is 5.82 Å². The van der Waals surface area contributed by atoms with E-state index in [4.69, 9.17) is 9.47 Å². The van der Waals surface area contributed by atoms with Crippen molar-refractivity contribution in [2.75, 3.05) is 44.2 Å². The highest BCUT2D eigenvalue weighted by Crippen LogP contribution is 2.31. The molecule has 28 heavy (non-hydrogen) atoms. The van der Waals surface area contributed by atoms with Crippen molar-refractivity contribution in [3.63, 3.8) is 0 Å². The number of pyridine rings is 1. The van der Waals surface area contributed by atoms with Crippen molar-refractivity contribution in [3.8, 4) is 17.3 Å². The molecule has 0 radical (unpaired) electrons. The van der Waals surface area contributed by atoms with Crippen LogP contribution in [-0.4, -0.2) is 65.1 Å². The molecule has 7 heteroatoms. The Bertz CT molecular complexity index is 921. The van der Waals surface area contributed by atoms with E-state index in [0.717, 1.165) is 55.9 Å². The summed E-state index contributed by atoms with van der Waals surface area (Å²) in [6.07, 6.45) is 3.70. The van der Waals surface area contributed by atoms with Crippen molar-refractivity contribution < 1.29 is 9.47 Å². The van der Waals surface area contributed by atoms with Crippen molar-refractivity contribution in [1.29, 1.82) is 0 Å². The van der Waals surface area contributed by atoms with E-state index >= 15 is 0 Å². The molecule has 0 amide bonds. The Kier molecular flexibility index (Phi) is 4.58. The highest BCUT2D eigenvalue weighted by atomic mass is 16.6. The molecule has 3 aromatic rings. The predicted octanol–water partition coefficient (Wildman–Crippen LogP) is 2.23. The second kappa shape index (κ2) is 7.52. The van der Waals surface area contributed by atoms with Gasteiger partial charge in [-0.1, -0.05) is 18.2 Å². The highest BCUT2D eigenvalue weighted by Gasteiger charge is 2.26. The monoisotopic (exact) mass is 377 g/mol. The Morgan fingerprint density at radius 3 is 2.54 bits per heavy atom. The molecular formula is C21H23N5O2. The third kappa shape index (κ3) is 3.41. The van der Waals surface area contributed by atoms with E-state index in [-0.39, 0.29) is 6.10 Å². The summed E-state index contributed by atoms with van der Waals surface area (Å²) in [4.78, 5) is 9.23. The van der Waals surface area contributed by atoms with Crippen LogP contribution in [0.5, 0.6) is 11.5 Å². The molecule has 2 aromatic heterocycles. The van der Waals surface area contributed by atoms with Gasteiger partial charge in [0.15, 0.2) is 17.3 Å². The number of anilines is 1. The largest absolute Gasteiger partial charge is 0.486 e. The Morgan fingerprint density at radius 1 is 0.893 bits per heavy atom. The molecule has 1 fully saturated rings. The lowest BCUT2D eigenvalue weighted by atomic mass is 10.2. The third-order valence-electron chi connectivity index (χ3n) is 5.21. The summed E-state index contributed by atoms with van der Waals surface area (Å²) in [6.45, 7) is 5.33. The lowest BCUT2D eigenvalue weighted by molar-refractivity contribution is 0.0570. The molecule has 4 heterocycles. The number of rotatable bonds is 4. The van der Waals surface area contributed by atoms with Gasteiger partial charge < -0.3 is 14.4 Å². The molecular weight excluding hydrogens is 354 g/mol. The Balaban J connectivity index is 1.20. The number of hydrogen-bond acceptors (Lipinski definition) is 6. The Labute approximate surface area is 164 Å². The minimum absolute atomic E-state index is 0.0699. The molecule has 0 spiro atoms. The molecule has 0 N–H and O–H groups in total. The molecule has 1 saturated heterocycles. The summed E-state index contributed by atoms with van der Waals surface area (Å²) in [7, 11) is 0. The molecule has 5 rings (SSSR count). The maximum atomic E-state index is 6.11. The van der Waals surface area contributed by atoms with Crippen molar-refractivity contribution in [1.82, 2.24) is 19.7 Å². The van der Waals surface area contributed by atoms with Crippen molar-refractivity contribution in [3.05, 3.63) is 60.9 Å². The minimum Gasteiger partial charge on any atom is -0.486 e. The van der Waals surface area contributed by atoms with E-state index in [9.17, 15) is 0 Å². The van der Waals surface area contributed by atoms with Crippen LogP contribution >= 0.6 is 0 Å². The van der Waals surface area contributed by atoms with E-state index in [2.05, 4.69) is 25.9 Å². The molecule has 144 valence electrons. The first-order chi connectivity index (χ1) is 13.9. The fraction of sp³-hybridized carbons (Fsp3) is 0.333. The van der Waals surface area contributed by atoms with Gasteiger partial charge >= 0.3 is 0 Å². The van der Waals surface area contributed by atoms with Crippen LogP contribution in [0.4, 0.5) is 5.82 Å². The van der Waals surface area contributed by atoms with Crippen LogP contribution in [0.1, 0.15) is 0 Å². The van der Waals surface area contributed by atoms with Crippen molar-refractivity contribution >= 4 is 5.82 Å². The van der Waals surface area contributed by atoms with Gasteiger partial charge in [-0.05, 0) is 24.3 Å². The summed E-state index contributed by atoms with van der Waals surface area (Å²) >= 11 is 0. The van der Waals surface area contributed by atoms with Gasteiger partial charge in [0.25, 0.3) is 0 Å². The normalized spacial score (nSPS) is 19.6. The molecule has 7 nitrogen and oxygen atoms in total. The van der Waals surface area contributed by atoms with E-state index in [1.165, 1.54) is 0 Å². The zero-order chi connectivity index (χ0) is 18.8. The summed E-state index contributed by atoms with van der Waals surface area (Å²) in [5.41, 5.74) is 0. The molecule has 0 aliphatic carbocycles. The molecule has 1 atom stereocenters. The first-order valence-corrected chi connectivity index (χ1v) is 9.68. The topological polar surface area (TPSA) is 55.7 Å². The minimum atomic E-state index is 0.0699. The lowest BCUT2D eigenvalue weighted by Gasteiger charge is -2.38. The Hall–Kier alpha value is -3.06. The zero-order valence-corrected chi connectivity index (χ0v) is 15.6. The van der Waals surface area contributed by atoms with Gasteiger partial charge in [0.2, 0.25) is 0 Å². The molecule has 2 aliphatic rings. The average molecular weight is 377 g/mol. The number of benzene rings is 1. The van der Waals surface area contributed by atoms with Gasteiger partial charge in [-0.2, -0.15) is 9.78 Å². The van der Waals surface area contributed by atoms with Gasteiger partial charge in [-0.25, -0.2) is 4.98 Å². The van der Waals surface area contributed by atoms with E-state index in [1.54, 1.807) is 6.20 Å². The summed E-state index contributed by atoms with van der Waals surface area (Å²) in [6, 6.07) is 15.8. The maximum Gasteiger partial charge on any atom is 0.161 e. The summed E-state index contributed by atoms with van der Waals surface area (Å²) < 4.78 is 13.9. The van der Waals surface area contributed by atoms with Gasteiger partial charge in [-0.3, -0.25) is 4.90 Å². The van der Waals surface area contributed by atoms with Crippen molar-refractivity contribution in [2.45, 2.75) is 6.10 Å². The van der Waals surface area contributed by atoms with Crippen LogP contribution in [0, 0.1) is 0 Å². The van der Waals surface area contributed by atoms with E-state index < -0.39 is 0 Å². The van der Waals surface area contributed by atoms with Gasteiger partial charge in [-0.15, -0.1) is 0 Å². The smallest absolute Gasteiger partial charge is 0.161 e. The fourth-order valence-corrected chi connectivity index (χ4v) is 3.79. The number of para-hydroxylation sites is 2.